The molecule has 0 aliphatic heterocycles. The van der Waals surface area contributed by atoms with Gasteiger partial charge in [0.1, 0.15) is 0 Å². The first-order valence-electron chi connectivity index (χ1n) is 7.84. The Labute approximate surface area is 145 Å². The lowest BCUT2D eigenvalue weighted by Crippen LogP contribution is -2.13. The van der Waals surface area contributed by atoms with Crippen LogP contribution in [0, 0.1) is 6.92 Å². The van der Waals surface area contributed by atoms with Crippen molar-refractivity contribution in [2.75, 3.05) is 17.2 Å². The molecule has 2 aromatic carbocycles. The Hall–Kier alpha value is -2.66. The van der Waals surface area contributed by atoms with Crippen LogP contribution in [-0.2, 0) is 0 Å². The first-order chi connectivity index (χ1) is 11.7. The number of hydrogen-bond acceptors (Lipinski definition) is 4. The number of benzene rings is 2. The molecule has 0 saturated carbocycles. The molecule has 0 aliphatic carbocycles. The zero-order chi connectivity index (χ0) is 16.9. The third-order valence-corrected chi connectivity index (χ3v) is 4.44. The van der Waals surface area contributed by atoms with Gasteiger partial charge in [-0.05, 0) is 37.6 Å². The number of thiazole rings is 1. The number of aromatic nitrogens is 1. The van der Waals surface area contributed by atoms with Gasteiger partial charge in [0.05, 0.1) is 5.69 Å². The molecule has 0 aliphatic rings. The van der Waals surface area contributed by atoms with Gasteiger partial charge in [0.25, 0.3) is 5.91 Å². The van der Waals surface area contributed by atoms with Gasteiger partial charge in [0.15, 0.2) is 5.13 Å². The number of anilines is 2. The first kappa shape index (κ1) is 16.2. The van der Waals surface area contributed by atoms with Crippen LogP contribution in [0.15, 0.2) is 53.9 Å². The average molecular weight is 337 g/mol. The lowest BCUT2D eigenvalue weighted by molar-refractivity contribution is 0.102. The Kier molecular flexibility index (Phi) is 4.91. The molecule has 2 N–H and O–H groups in total. The van der Waals surface area contributed by atoms with Crippen molar-refractivity contribution in [2.45, 2.75) is 13.8 Å². The summed E-state index contributed by atoms with van der Waals surface area (Å²) >= 11 is 1.58. The molecule has 4 nitrogen and oxygen atoms in total. The molecule has 0 unspecified atom stereocenters. The number of amides is 1. The number of nitrogens with one attached hydrogen (secondary N) is 2. The molecule has 0 spiro atoms. The van der Waals surface area contributed by atoms with Gasteiger partial charge < -0.3 is 10.6 Å². The Balaban J connectivity index is 1.80. The van der Waals surface area contributed by atoms with Gasteiger partial charge in [-0.25, -0.2) is 4.98 Å². The van der Waals surface area contributed by atoms with Crippen LogP contribution in [0.2, 0.25) is 0 Å². The highest BCUT2D eigenvalue weighted by Gasteiger charge is 2.10. The lowest BCUT2D eigenvalue weighted by atomic mass is 10.1. The van der Waals surface area contributed by atoms with Crippen molar-refractivity contribution in [2.24, 2.45) is 0 Å². The standard InChI is InChI=1S/C19H19N3OS/c1-3-20-19-22-17(12-24-19)14-8-6-9-15(11-14)21-18(23)16-10-5-4-7-13(16)2/h4-12H,3H2,1-2H3,(H,20,22)(H,21,23). The number of rotatable bonds is 5. The van der Waals surface area contributed by atoms with E-state index in [1.165, 1.54) is 0 Å². The highest BCUT2D eigenvalue weighted by Crippen LogP contribution is 2.27. The SMILES string of the molecule is CCNc1nc(-c2cccc(NC(=O)c3ccccc3C)c2)cs1. The van der Waals surface area contributed by atoms with Crippen LogP contribution in [0.3, 0.4) is 0 Å². The molecule has 122 valence electrons. The summed E-state index contributed by atoms with van der Waals surface area (Å²) in [6.07, 6.45) is 0. The van der Waals surface area contributed by atoms with Crippen molar-refractivity contribution >= 4 is 28.1 Å². The van der Waals surface area contributed by atoms with Crippen LogP contribution in [0.4, 0.5) is 10.8 Å². The number of hydrogen-bond donors (Lipinski definition) is 2. The maximum absolute atomic E-state index is 12.4. The quantitative estimate of drug-likeness (QED) is 0.703. The molecule has 24 heavy (non-hydrogen) atoms. The molecule has 1 amide bonds. The van der Waals surface area contributed by atoms with Gasteiger partial charge in [-0.2, -0.15) is 0 Å². The highest BCUT2D eigenvalue weighted by atomic mass is 32.1. The highest BCUT2D eigenvalue weighted by molar-refractivity contribution is 7.14. The minimum atomic E-state index is -0.100. The predicted molar refractivity (Wildman–Crippen MR) is 101 cm³/mol. The Morgan fingerprint density at radius 3 is 2.79 bits per heavy atom. The predicted octanol–water partition coefficient (Wildman–Crippen LogP) is 4.80. The minimum Gasteiger partial charge on any atom is -0.362 e. The molecule has 3 aromatic rings. The second kappa shape index (κ2) is 7.27. The Morgan fingerprint density at radius 2 is 2.00 bits per heavy atom. The first-order valence-corrected chi connectivity index (χ1v) is 8.72. The van der Waals surface area contributed by atoms with Crippen LogP contribution in [0.25, 0.3) is 11.3 Å². The molecule has 0 radical (unpaired) electrons. The summed E-state index contributed by atoms with van der Waals surface area (Å²) < 4.78 is 0. The molecule has 0 saturated heterocycles. The number of nitrogens with zero attached hydrogens (tertiary/aromatic N) is 1. The molecule has 3 rings (SSSR count). The van der Waals surface area contributed by atoms with Crippen LogP contribution >= 0.6 is 11.3 Å². The molecule has 1 heterocycles. The molecular weight excluding hydrogens is 318 g/mol. The zero-order valence-corrected chi connectivity index (χ0v) is 14.5. The maximum atomic E-state index is 12.4. The average Bonchev–Trinajstić information content (AvgIpc) is 3.04. The maximum Gasteiger partial charge on any atom is 0.255 e. The fourth-order valence-corrected chi connectivity index (χ4v) is 3.21. The number of carbonyl (C=O) groups is 1. The van der Waals surface area contributed by atoms with Crippen molar-refractivity contribution in [3.8, 4) is 11.3 Å². The monoisotopic (exact) mass is 337 g/mol. The van der Waals surface area contributed by atoms with Gasteiger partial charge >= 0.3 is 0 Å². The second-order valence-corrected chi connectivity index (χ2v) is 6.28. The number of aryl methyl sites for hydroxylation is 1. The van der Waals surface area contributed by atoms with Gasteiger partial charge in [-0.15, -0.1) is 11.3 Å². The van der Waals surface area contributed by atoms with E-state index < -0.39 is 0 Å². The van der Waals surface area contributed by atoms with E-state index >= 15 is 0 Å². The van der Waals surface area contributed by atoms with E-state index in [4.69, 9.17) is 0 Å². The topological polar surface area (TPSA) is 54.0 Å². The lowest BCUT2D eigenvalue weighted by Gasteiger charge is -2.08. The summed E-state index contributed by atoms with van der Waals surface area (Å²) in [6, 6.07) is 15.3. The van der Waals surface area contributed by atoms with E-state index in [1.807, 2.05) is 67.8 Å². The van der Waals surface area contributed by atoms with E-state index in [2.05, 4.69) is 15.6 Å². The smallest absolute Gasteiger partial charge is 0.255 e. The molecule has 0 atom stereocenters. The summed E-state index contributed by atoms with van der Waals surface area (Å²) in [5.74, 6) is -0.100. The fourth-order valence-electron chi connectivity index (χ4n) is 2.42. The van der Waals surface area contributed by atoms with E-state index in [9.17, 15) is 4.79 Å². The van der Waals surface area contributed by atoms with Crippen LogP contribution in [0.5, 0.6) is 0 Å². The van der Waals surface area contributed by atoms with Crippen molar-refractivity contribution in [1.29, 1.82) is 0 Å². The molecule has 0 fully saturated rings. The van der Waals surface area contributed by atoms with E-state index in [0.29, 0.717) is 5.56 Å². The van der Waals surface area contributed by atoms with E-state index in [0.717, 1.165) is 34.2 Å². The molecular formula is C19H19N3OS. The summed E-state index contributed by atoms with van der Waals surface area (Å²) in [4.78, 5) is 17.0. The fraction of sp³-hybridized carbons (Fsp3) is 0.158. The van der Waals surface area contributed by atoms with Crippen molar-refractivity contribution in [3.05, 3.63) is 65.0 Å². The van der Waals surface area contributed by atoms with Gasteiger partial charge in [0, 0.05) is 28.7 Å². The normalized spacial score (nSPS) is 10.4. The van der Waals surface area contributed by atoms with Gasteiger partial charge in [-0.3, -0.25) is 4.79 Å². The minimum absolute atomic E-state index is 0.100. The van der Waals surface area contributed by atoms with Gasteiger partial charge in [-0.1, -0.05) is 30.3 Å². The largest absolute Gasteiger partial charge is 0.362 e. The summed E-state index contributed by atoms with van der Waals surface area (Å²) in [7, 11) is 0. The van der Waals surface area contributed by atoms with Crippen molar-refractivity contribution in [3.63, 3.8) is 0 Å². The van der Waals surface area contributed by atoms with Crippen molar-refractivity contribution < 1.29 is 4.79 Å². The number of carbonyl (C=O) groups excluding carboxylic acids is 1. The van der Waals surface area contributed by atoms with Crippen LogP contribution in [0.1, 0.15) is 22.8 Å². The Morgan fingerprint density at radius 1 is 1.17 bits per heavy atom. The second-order valence-electron chi connectivity index (χ2n) is 5.42. The Bertz CT molecular complexity index is 857. The van der Waals surface area contributed by atoms with Crippen molar-refractivity contribution in [1.82, 2.24) is 4.98 Å². The van der Waals surface area contributed by atoms with E-state index in [1.54, 1.807) is 11.3 Å². The summed E-state index contributed by atoms with van der Waals surface area (Å²) in [5, 5.41) is 9.09. The van der Waals surface area contributed by atoms with Crippen LogP contribution in [-0.4, -0.2) is 17.4 Å². The summed E-state index contributed by atoms with van der Waals surface area (Å²) in [5.41, 5.74) is 4.30. The van der Waals surface area contributed by atoms with Gasteiger partial charge in [0.2, 0.25) is 0 Å². The molecule has 1 aromatic heterocycles. The third kappa shape index (κ3) is 3.63. The van der Waals surface area contributed by atoms with E-state index in [-0.39, 0.29) is 5.91 Å². The molecule has 0 bridgehead atoms. The third-order valence-electron chi connectivity index (χ3n) is 3.64. The zero-order valence-electron chi connectivity index (χ0n) is 13.7. The molecule has 5 heteroatoms. The summed E-state index contributed by atoms with van der Waals surface area (Å²) in [6.45, 7) is 4.82. The van der Waals surface area contributed by atoms with Crippen LogP contribution < -0.4 is 10.6 Å².